The van der Waals surface area contributed by atoms with Crippen LogP contribution in [0.25, 0.3) is 0 Å². The van der Waals surface area contributed by atoms with E-state index in [1.54, 1.807) is 0 Å². The lowest BCUT2D eigenvalue weighted by Crippen LogP contribution is -2.35. The number of hydrogen-bond acceptors (Lipinski definition) is 2. The molecule has 0 radical (unpaired) electrons. The lowest BCUT2D eigenvalue weighted by molar-refractivity contribution is 0.568. The van der Waals surface area contributed by atoms with Gasteiger partial charge in [0.1, 0.15) is 0 Å². The maximum atomic E-state index is 6.38. The van der Waals surface area contributed by atoms with Crippen LogP contribution >= 0.6 is 11.6 Å². The van der Waals surface area contributed by atoms with Gasteiger partial charge in [0.25, 0.3) is 0 Å². The van der Waals surface area contributed by atoms with Crippen LogP contribution in [-0.2, 0) is 6.42 Å². The highest BCUT2D eigenvalue weighted by molar-refractivity contribution is 6.31. The smallest absolute Gasteiger partial charge is 0.0459 e. The van der Waals surface area contributed by atoms with Crippen LogP contribution in [0.1, 0.15) is 40.2 Å². The summed E-state index contributed by atoms with van der Waals surface area (Å²) in [4.78, 5) is 2.42. The molecular weight excluding hydrogens is 256 g/mol. The standard InChI is InChI=1S/C16H27ClN2/c1-11(2)10-19(12(3)4)16-8-6-7-15(17)14(16)9-13(5)18/h6-8,11-13H,9-10,18H2,1-5H3. The van der Waals surface area contributed by atoms with E-state index in [2.05, 4.69) is 38.7 Å². The molecule has 0 heterocycles. The molecule has 0 saturated carbocycles. The molecule has 1 aromatic carbocycles. The van der Waals surface area contributed by atoms with Crippen molar-refractivity contribution in [2.75, 3.05) is 11.4 Å². The minimum atomic E-state index is 0.117. The van der Waals surface area contributed by atoms with Gasteiger partial charge in [-0.05, 0) is 50.8 Å². The summed E-state index contributed by atoms with van der Waals surface area (Å²) in [5.41, 5.74) is 8.37. The Labute approximate surface area is 122 Å². The molecule has 1 unspecified atom stereocenters. The molecule has 0 bridgehead atoms. The average Bonchev–Trinajstić information content (AvgIpc) is 2.28. The molecule has 0 spiro atoms. The minimum Gasteiger partial charge on any atom is -0.369 e. The molecule has 1 rings (SSSR count). The molecule has 0 aromatic heterocycles. The fourth-order valence-electron chi connectivity index (χ4n) is 2.32. The molecule has 0 amide bonds. The molecule has 0 aliphatic heterocycles. The number of rotatable bonds is 6. The summed E-state index contributed by atoms with van der Waals surface area (Å²) in [6, 6.07) is 6.71. The second-order valence-electron chi connectivity index (χ2n) is 6.06. The van der Waals surface area contributed by atoms with Crippen LogP contribution in [0.4, 0.5) is 5.69 Å². The van der Waals surface area contributed by atoms with E-state index in [0.29, 0.717) is 12.0 Å². The first-order valence-electron chi connectivity index (χ1n) is 7.12. The Morgan fingerprint density at radius 2 is 1.79 bits per heavy atom. The summed E-state index contributed by atoms with van der Waals surface area (Å²) < 4.78 is 0. The molecule has 0 aliphatic rings. The van der Waals surface area contributed by atoms with E-state index >= 15 is 0 Å². The van der Waals surface area contributed by atoms with Gasteiger partial charge in [0.15, 0.2) is 0 Å². The Hall–Kier alpha value is -0.730. The molecule has 2 nitrogen and oxygen atoms in total. The molecule has 1 aromatic rings. The van der Waals surface area contributed by atoms with Gasteiger partial charge in [0.2, 0.25) is 0 Å². The molecule has 0 aliphatic carbocycles. The number of benzene rings is 1. The molecular formula is C16H27ClN2. The zero-order chi connectivity index (χ0) is 14.6. The van der Waals surface area contributed by atoms with E-state index < -0.39 is 0 Å². The minimum absolute atomic E-state index is 0.117. The number of nitrogens with two attached hydrogens (primary N) is 1. The van der Waals surface area contributed by atoms with Crippen molar-refractivity contribution in [3.8, 4) is 0 Å². The van der Waals surface area contributed by atoms with Gasteiger partial charge in [-0.1, -0.05) is 31.5 Å². The monoisotopic (exact) mass is 282 g/mol. The number of nitrogens with zero attached hydrogens (tertiary/aromatic N) is 1. The van der Waals surface area contributed by atoms with E-state index in [1.165, 1.54) is 11.3 Å². The van der Waals surface area contributed by atoms with Crippen molar-refractivity contribution >= 4 is 17.3 Å². The van der Waals surface area contributed by atoms with E-state index in [9.17, 15) is 0 Å². The molecule has 3 heteroatoms. The second kappa shape index (κ2) is 7.16. The zero-order valence-electron chi connectivity index (χ0n) is 12.8. The second-order valence-corrected chi connectivity index (χ2v) is 6.47. The summed E-state index contributed by atoms with van der Waals surface area (Å²) in [7, 11) is 0. The van der Waals surface area contributed by atoms with Crippen molar-refractivity contribution < 1.29 is 0 Å². The first kappa shape index (κ1) is 16.3. The Morgan fingerprint density at radius 3 is 2.26 bits per heavy atom. The molecule has 19 heavy (non-hydrogen) atoms. The van der Waals surface area contributed by atoms with Crippen molar-refractivity contribution in [3.63, 3.8) is 0 Å². The highest BCUT2D eigenvalue weighted by atomic mass is 35.5. The largest absolute Gasteiger partial charge is 0.369 e. The summed E-state index contributed by atoms with van der Waals surface area (Å²) in [5, 5.41) is 0.823. The summed E-state index contributed by atoms with van der Waals surface area (Å²) in [5.74, 6) is 0.615. The van der Waals surface area contributed by atoms with Gasteiger partial charge in [0, 0.05) is 29.3 Å². The average molecular weight is 283 g/mol. The maximum Gasteiger partial charge on any atom is 0.0459 e. The van der Waals surface area contributed by atoms with E-state index in [0.717, 1.165) is 18.0 Å². The van der Waals surface area contributed by atoms with Crippen LogP contribution in [-0.4, -0.2) is 18.6 Å². The Bertz CT molecular complexity index is 400. The SMILES string of the molecule is CC(C)CN(c1cccc(Cl)c1CC(C)N)C(C)C. The van der Waals surface area contributed by atoms with Crippen molar-refractivity contribution in [1.29, 1.82) is 0 Å². The summed E-state index contributed by atoms with van der Waals surface area (Å²) in [6.45, 7) is 12.0. The highest BCUT2D eigenvalue weighted by Gasteiger charge is 2.18. The van der Waals surface area contributed by atoms with E-state index in [4.69, 9.17) is 17.3 Å². The van der Waals surface area contributed by atoms with Crippen LogP contribution in [0.2, 0.25) is 5.02 Å². The van der Waals surface area contributed by atoms with Gasteiger partial charge >= 0.3 is 0 Å². The lowest BCUT2D eigenvalue weighted by Gasteiger charge is -2.33. The van der Waals surface area contributed by atoms with Crippen molar-refractivity contribution in [3.05, 3.63) is 28.8 Å². The predicted molar refractivity (Wildman–Crippen MR) is 86.1 cm³/mol. The van der Waals surface area contributed by atoms with E-state index in [1.807, 2.05) is 19.1 Å². The summed E-state index contributed by atoms with van der Waals surface area (Å²) in [6.07, 6.45) is 0.816. The topological polar surface area (TPSA) is 29.3 Å². The van der Waals surface area contributed by atoms with Gasteiger partial charge in [-0.2, -0.15) is 0 Å². The molecule has 0 fully saturated rings. The van der Waals surface area contributed by atoms with Crippen molar-refractivity contribution in [1.82, 2.24) is 0 Å². The van der Waals surface area contributed by atoms with Crippen LogP contribution in [0.5, 0.6) is 0 Å². The Kier molecular flexibility index (Phi) is 6.15. The molecule has 1 atom stereocenters. The van der Waals surface area contributed by atoms with Crippen molar-refractivity contribution in [2.45, 2.75) is 53.1 Å². The van der Waals surface area contributed by atoms with Gasteiger partial charge in [-0.25, -0.2) is 0 Å². The third-order valence-corrected chi connectivity index (χ3v) is 3.47. The Morgan fingerprint density at radius 1 is 1.16 bits per heavy atom. The van der Waals surface area contributed by atoms with Crippen LogP contribution in [0, 0.1) is 5.92 Å². The molecule has 0 saturated heterocycles. The molecule has 2 N–H and O–H groups in total. The fourth-order valence-corrected chi connectivity index (χ4v) is 2.57. The van der Waals surface area contributed by atoms with Crippen LogP contribution in [0.15, 0.2) is 18.2 Å². The number of hydrogen-bond donors (Lipinski definition) is 1. The lowest BCUT2D eigenvalue weighted by atomic mass is 10.0. The van der Waals surface area contributed by atoms with E-state index in [-0.39, 0.29) is 6.04 Å². The number of anilines is 1. The predicted octanol–water partition coefficient (Wildman–Crippen LogP) is 4.10. The third kappa shape index (κ3) is 4.70. The third-order valence-electron chi connectivity index (χ3n) is 3.11. The van der Waals surface area contributed by atoms with Gasteiger partial charge < -0.3 is 10.6 Å². The fraction of sp³-hybridized carbons (Fsp3) is 0.625. The van der Waals surface area contributed by atoms with Gasteiger partial charge in [0.05, 0.1) is 0 Å². The van der Waals surface area contributed by atoms with Crippen molar-refractivity contribution in [2.24, 2.45) is 11.7 Å². The highest BCUT2D eigenvalue weighted by Crippen LogP contribution is 2.30. The van der Waals surface area contributed by atoms with Crippen LogP contribution < -0.4 is 10.6 Å². The van der Waals surface area contributed by atoms with Gasteiger partial charge in [-0.3, -0.25) is 0 Å². The van der Waals surface area contributed by atoms with Gasteiger partial charge in [-0.15, -0.1) is 0 Å². The quantitative estimate of drug-likeness (QED) is 0.851. The molecule has 108 valence electrons. The summed E-state index contributed by atoms with van der Waals surface area (Å²) >= 11 is 6.38. The Balaban J connectivity index is 3.17. The first-order valence-corrected chi connectivity index (χ1v) is 7.50. The van der Waals surface area contributed by atoms with Crippen LogP contribution in [0.3, 0.4) is 0 Å². The number of halogens is 1. The first-order chi connectivity index (χ1) is 8.82. The zero-order valence-corrected chi connectivity index (χ0v) is 13.5. The normalized spacial score (nSPS) is 13.1. The maximum absolute atomic E-state index is 6.38.